The number of phenols is 1. The van der Waals surface area contributed by atoms with Gasteiger partial charge in [0, 0.05) is 7.11 Å². The van der Waals surface area contributed by atoms with Gasteiger partial charge in [0.05, 0.1) is 28.1 Å². The van der Waals surface area contributed by atoms with E-state index in [9.17, 15) is 14.7 Å². The van der Waals surface area contributed by atoms with Crippen LogP contribution in [0, 0.1) is 0 Å². The Morgan fingerprint density at radius 3 is 2.52 bits per heavy atom. The minimum absolute atomic E-state index is 0.0763. The molecule has 2 amide bonds. The number of hydrogen-bond acceptors (Lipinski definition) is 5. The second-order valence-corrected chi connectivity index (χ2v) is 5.97. The molecule has 8 heteroatoms. The number of halogens is 2. The molecule has 1 aliphatic heterocycles. The van der Waals surface area contributed by atoms with Gasteiger partial charge in [-0.3, -0.25) is 14.5 Å². The van der Waals surface area contributed by atoms with E-state index < -0.39 is 0 Å². The van der Waals surface area contributed by atoms with E-state index in [2.05, 4.69) is 0 Å². The van der Waals surface area contributed by atoms with Gasteiger partial charge in [0.1, 0.15) is 0 Å². The molecule has 1 N–H and O–H groups in total. The van der Waals surface area contributed by atoms with Crippen molar-refractivity contribution in [2.24, 2.45) is 0 Å². The van der Waals surface area contributed by atoms with Gasteiger partial charge in [0.2, 0.25) is 0 Å². The summed E-state index contributed by atoms with van der Waals surface area (Å²) in [5.41, 5.74) is 0.528. The zero-order valence-corrected chi connectivity index (χ0v) is 13.3. The standard InChI is InChI=1S/C13H11Cl2NO4S/c1-20-3-2-16-12(18)10(21-13(16)19)6-7-4-8(14)11(17)9(15)5-7/h4-6,17H,2-3H2,1H3. The topological polar surface area (TPSA) is 66.8 Å². The average Bonchev–Trinajstić information content (AvgIpc) is 2.69. The molecule has 1 aliphatic rings. The summed E-state index contributed by atoms with van der Waals surface area (Å²) in [6.07, 6.45) is 1.51. The molecule has 1 saturated heterocycles. The highest BCUT2D eigenvalue weighted by atomic mass is 35.5. The monoisotopic (exact) mass is 347 g/mol. The fraction of sp³-hybridized carbons (Fsp3) is 0.231. The summed E-state index contributed by atoms with van der Waals surface area (Å²) in [6.45, 7) is 0.484. The molecule has 112 valence electrons. The number of carbonyl (C=O) groups excluding carboxylic acids is 2. The number of phenolic OH excluding ortho intramolecular Hbond substituents is 1. The number of thioether (sulfide) groups is 1. The maximum atomic E-state index is 12.1. The molecule has 1 aromatic carbocycles. The quantitative estimate of drug-likeness (QED) is 0.845. The van der Waals surface area contributed by atoms with Crippen molar-refractivity contribution >= 4 is 52.2 Å². The summed E-state index contributed by atoms with van der Waals surface area (Å²) in [5, 5.41) is 9.30. The van der Waals surface area contributed by atoms with Crippen LogP contribution in [0.3, 0.4) is 0 Å². The van der Waals surface area contributed by atoms with Gasteiger partial charge in [-0.05, 0) is 35.5 Å². The first-order valence-electron chi connectivity index (χ1n) is 5.86. The Bertz CT molecular complexity index is 610. The molecule has 1 heterocycles. The van der Waals surface area contributed by atoms with Crippen LogP contribution in [0.25, 0.3) is 6.08 Å². The summed E-state index contributed by atoms with van der Waals surface area (Å²) in [6, 6.07) is 2.93. The van der Waals surface area contributed by atoms with Gasteiger partial charge in [-0.15, -0.1) is 0 Å². The van der Waals surface area contributed by atoms with Crippen molar-refractivity contribution in [2.75, 3.05) is 20.3 Å². The van der Waals surface area contributed by atoms with Crippen molar-refractivity contribution < 1.29 is 19.4 Å². The summed E-state index contributed by atoms with van der Waals surface area (Å²) >= 11 is 12.5. The van der Waals surface area contributed by atoms with E-state index in [1.165, 1.54) is 25.3 Å². The number of carbonyl (C=O) groups is 2. The van der Waals surface area contributed by atoms with Gasteiger partial charge in [-0.1, -0.05) is 23.2 Å². The van der Waals surface area contributed by atoms with Crippen molar-refractivity contribution in [3.63, 3.8) is 0 Å². The Morgan fingerprint density at radius 1 is 1.33 bits per heavy atom. The maximum Gasteiger partial charge on any atom is 0.293 e. The molecule has 1 fully saturated rings. The van der Waals surface area contributed by atoms with E-state index in [1.54, 1.807) is 0 Å². The molecular weight excluding hydrogens is 337 g/mol. The van der Waals surface area contributed by atoms with Crippen molar-refractivity contribution in [1.82, 2.24) is 4.90 Å². The fourth-order valence-corrected chi connectivity index (χ4v) is 3.06. The van der Waals surface area contributed by atoms with Crippen LogP contribution >= 0.6 is 35.0 Å². The van der Waals surface area contributed by atoms with E-state index in [0.717, 1.165) is 16.7 Å². The summed E-state index contributed by atoms with van der Waals surface area (Å²) < 4.78 is 4.86. The second-order valence-electron chi connectivity index (χ2n) is 4.16. The van der Waals surface area contributed by atoms with Crippen LogP contribution in [0.5, 0.6) is 5.75 Å². The molecule has 5 nitrogen and oxygen atoms in total. The van der Waals surface area contributed by atoms with Crippen molar-refractivity contribution in [1.29, 1.82) is 0 Å². The van der Waals surface area contributed by atoms with Crippen LogP contribution in [-0.4, -0.2) is 41.4 Å². The fourth-order valence-electron chi connectivity index (χ4n) is 1.70. The highest BCUT2D eigenvalue weighted by Crippen LogP contribution is 2.36. The lowest BCUT2D eigenvalue weighted by atomic mass is 10.2. The Morgan fingerprint density at radius 2 is 1.95 bits per heavy atom. The summed E-state index contributed by atoms with van der Waals surface area (Å²) in [5.74, 6) is -0.606. The Balaban J connectivity index is 2.26. The predicted octanol–water partition coefficient (Wildman–Crippen LogP) is 3.38. The summed E-state index contributed by atoms with van der Waals surface area (Å²) in [7, 11) is 1.50. The number of amides is 2. The predicted molar refractivity (Wildman–Crippen MR) is 82.7 cm³/mol. The van der Waals surface area contributed by atoms with Crippen molar-refractivity contribution in [3.05, 3.63) is 32.6 Å². The minimum Gasteiger partial charge on any atom is -0.505 e. The van der Waals surface area contributed by atoms with Crippen LogP contribution in [-0.2, 0) is 9.53 Å². The van der Waals surface area contributed by atoms with E-state index in [-0.39, 0.29) is 45.0 Å². The van der Waals surface area contributed by atoms with Crippen LogP contribution in [0.4, 0.5) is 4.79 Å². The van der Waals surface area contributed by atoms with Crippen molar-refractivity contribution in [3.8, 4) is 5.75 Å². The van der Waals surface area contributed by atoms with Crippen LogP contribution in [0.1, 0.15) is 5.56 Å². The third-order valence-electron chi connectivity index (χ3n) is 2.73. The van der Waals surface area contributed by atoms with E-state index >= 15 is 0 Å². The molecule has 21 heavy (non-hydrogen) atoms. The van der Waals surface area contributed by atoms with Gasteiger partial charge in [-0.2, -0.15) is 0 Å². The summed E-state index contributed by atoms with van der Waals surface area (Å²) in [4.78, 5) is 25.3. The largest absolute Gasteiger partial charge is 0.505 e. The van der Waals surface area contributed by atoms with E-state index in [0.29, 0.717) is 5.56 Å². The van der Waals surface area contributed by atoms with Gasteiger partial charge >= 0.3 is 0 Å². The molecule has 0 aliphatic carbocycles. The number of nitrogens with zero attached hydrogens (tertiary/aromatic N) is 1. The van der Waals surface area contributed by atoms with E-state index in [4.69, 9.17) is 27.9 Å². The van der Waals surface area contributed by atoms with E-state index in [1.807, 2.05) is 0 Å². The highest BCUT2D eigenvalue weighted by Gasteiger charge is 2.34. The lowest BCUT2D eigenvalue weighted by Gasteiger charge is -2.10. The molecule has 0 aromatic heterocycles. The molecular formula is C13H11Cl2NO4S. The maximum absolute atomic E-state index is 12.1. The van der Waals surface area contributed by atoms with Crippen LogP contribution < -0.4 is 0 Å². The van der Waals surface area contributed by atoms with Gasteiger partial charge < -0.3 is 9.84 Å². The number of methoxy groups -OCH3 is 1. The lowest BCUT2D eigenvalue weighted by Crippen LogP contribution is -2.31. The average molecular weight is 348 g/mol. The minimum atomic E-state index is -0.387. The third-order valence-corrected chi connectivity index (χ3v) is 4.21. The molecule has 0 radical (unpaired) electrons. The molecule has 0 bridgehead atoms. The Kier molecular flexibility index (Phi) is 5.16. The van der Waals surface area contributed by atoms with Crippen molar-refractivity contribution in [2.45, 2.75) is 0 Å². The number of rotatable bonds is 4. The van der Waals surface area contributed by atoms with Gasteiger partial charge in [0.25, 0.3) is 11.1 Å². The highest BCUT2D eigenvalue weighted by molar-refractivity contribution is 8.18. The molecule has 0 unspecified atom stereocenters. The molecule has 2 rings (SSSR count). The second kappa shape index (κ2) is 6.70. The number of aromatic hydroxyl groups is 1. The van der Waals surface area contributed by atoms with Gasteiger partial charge in [0.15, 0.2) is 5.75 Å². The number of imide groups is 1. The normalized spacial score (nSPS) is 17.1. The molecule has 0 atom stereocenters. The zero-order chi connectivity index (χ0) is 15.6. The Labute approximate surface area is 135 Å². The first-order valence-corrected chi connectivity index (χ1v) is 7.43. The first-order chi connectivity index (χ1) is 9.93. The molecule has 1 aromatic rings. The van der Waals surface area contributed by atoms with Crippen LogP contribution in [0.2, 0.25) is 10.0 Å². The van der Waals surface area contributed by atoms with Gasteiger partial charge in [-0.25, -0.2) is 0 Å². The zero-order valence-electron chi connectivity index (χ0n) is 10.9. The lowest BCUT2D eigenvalue weighted by molar-refractivity contribution is -0.123. The smallest absolute Gasteiger partial charge is 0.293 e. The molecule has 0 spiro atoms. The Hall–Kier alpha value is -1.21. The third kappa shape index (κ3) is 3.52. The number of benzene rings is 1. The first kappa shape index (κ1) is 16.2. The number of ether oxygens (including phenoxy) is 1. The number of hydrogen-bond donors (Lipinski definition) is 1. The molecule has 0 saturated carbocycles. The van der Waals surface area contributed by atoms with Crippen LogP contribution in [0.15, 0.2) is 17.0 Å². The SMILES string of the molecule is COCCN1C(=O)SC(=Cc2cc(Cl)c(O)c(Cl)c2)C1=O.